The molecule has 1 aromatic rings. The molecule has 2 rings (SSSR count). The maximum Gasteiger partial charge on any atom is 0.358 e. The Labute approximate surface area is 68.8 Å². The Bertz CT molecular complexity index is 343. The van der Waals surface area contributed by atoms with Crippen LogP contribution in [0.1, 0.15) is 22.7 Å². The van der Waals surface area contributed by atoms with Gasteiger partial charge in [0.05, 0.1) is 0 Å². The number of anilines is 1. The van der Waals surface area contributed by atoms with Crippen molar-refractivity contribution in [3.8, 4) is 0 Å². The summed E-state index contributed by atoms with van der Waals surface area (Å²) in [5.74, 6) is 0.0364. The second kappa shape index (κ2) is 2.23. The van der Waals surface area contributed by atoms with Crippen molar-refractivity contribution >= 4 is 11.8 Å². The summed E-state index contributed by atoms with van der Waals surface area (Å²) >= 11 is 0. The van der Waals surface area contributed by atoms with E-state index in [-0.39, 0.29) is 11.5 Å². The minimum absolute atomic E-state index is 0.00954. The molecule has 0 bridgehead atoms. The molecule has 5 heteroatoms. The highest BCUT2D eigenvalue weighted by Gasteiger charge is 2.22. The number of fused-ring (bicyclic) bond motifs is 1. The zero-order valence-electron chi connectivity index (χ0n) is 6.45. The molecule has 0 fully saturated rings. The van der Waals surface area contributed by atoms with Crippen LogP contribution in [-0.4, -0.2) is 20.6 Å². The fourth-order valence-corrected chi connectivity index (χ4v) is 1.51. The number of carboxylic acids is 1. The lowest BCUT2D eigenvalue weighted by Crippen LogP contribution is -2.05. The summed E-state index contributed by atoms with van der Waals surface area (Å²) < 4.78 is 1.77. The quantitative estimate of drug-likeness (QED) is 0.622. The molecule has 0 aromatic carbocycles. The fraction of sp³-hybridized carbons (Fsp3) is 0.429. The number of hydrogen-bond acceptors (Lipinski definition) is 3. The Hall–Kier alpha value is -1.52. The van der Waals surface area contributed by atoms with Crippen molar-refractivity contribution < 1.29 is 9.90 Å². The first-order valence-electron chi connectivity index (χ1n) is 3.78. The maximum absolute atomic E-state index is 10.6. The van der Waals surface area contributed by atoms with Gasteiger partial charge in [-0.2, -0.15) is 0 Å². The van der Waals surface area contributed by atoms with Crippen LogP contribution in [0.5, 0.6) is 0 Å². The molecular weight excluding hydrogens is 158 g/mol. The molecule has 12 heavy (non-hydrogen) atoms. The minimum Gasteiger partial charge on any atom is -0.476 e. The van der Waals surface area contributed by atoms with Gasteiger partial charge < -0.3 is 15.4 Å². The monoisotopic (exact) mass is 167 g/mol. The predicted octanol–water partition coefficient (Wildman–Crippen LogP) is 0.110. The predicted molar refractivity (Wildman–Crippen MR) is 41.9 cm³/mol. The van der Waals surface area contributed by atoms with Gasteiger partial charge in [-0.05, 0) is 6.42 Å². The van der Waals surface area contributed by atoms with Crippen LogP contribution >= 0.6 is 0 Å². The second-order valence-electron chi connectivity index (χ2n) is 2.82. The number of carboxylic acid groups (broad SMARTS) is 1. The lowest BCUT2D eigenvalue weighted by molar-refractivity contribution is 0.0692. The van der Waals surface area contributed by atoms with Crippen molar-refractivity contribution in [2.45, 2.75) is 19.4 Å². The summed E-state index contributed by atoms with van der Waals surface area (Å²) in [6.07, 6.45) is 1.84. The molecule has 1 aliphatic heterocycles. The van der Waals surface area contributed by atoms with Crippen molar-refractivity contribution in [1.29, 1.82) is 0 Å². The van der Waals surface area contributed by atoms with Crippen molar-refractivity contribution in [3.05, 3.63) is 11.5 Å². The van der Waals surface area contributed by atoms with Crippen LogP contribution in [-0.2, 0) is 13.0 Å². The van der Waals surface area contributed by atoms with E-state index in [0.717, 1.165) is 25.2 Å². The molecule has 0 radical (unpaired) electrons. The molecule has 0 aliphatic carbocycles. The largest absolute Gasteiger partial charge is 0.476 e. The molecule has 3 N–H and O–H groups in total. The number of nitrogen functional groups attached to an aromatic ring is 1. The average Bonchev–Trinajstić information content (AvgIpc) is 2.53. The highest BCUT2D eigenvalue weighted by molar-refractivity contribution is 5.90. The van der Waals surface area contributed by atoms with Crippen LogP contribution < -0.4 is 5.73 Å². The molecule has 0 spiro atoms. The number of aromatic nitrogens is 2. The number of rotatable bonds is 1. The maximum atomic E-state index is 10.6. The number of hydrogen-bond donors (Lipinski definition) is 2. The van der Waals surface area contributed by atoms with Gasteiger partial charge in [0.15, 0.2) is 5.69 Å². The Kier molecular flexibility index (Phi) is 1.33. The first-order chi connectivity index (χ1) is 5.70. The van der Waals surface area contributed by atoms with E-state index in [1.807, 2.05) is 0 Å². The fourth-order valence-electron chi connectivity index (χ4n) is 1.51. The highest BCUT2D eigenvalue weighted by Crippen LogP contribution is 2.21. The number of nitrogens with zero attached hydrogens (tertiary/aromatic N) is 2. The summed E-state index contributed by atoms with van der Waals surface area (Å²) in [4.78, 5) is 14.5. The van der Waals surface area contributed by atoms with E-state index < -0.39 is 5.97 Å². The van der Waals surface area contributed by atoms with Gasteiger partial charge in [0, 0.05) is 13.0 Å². The van der Waals surface area contributed by atoms with Crippen LogP contribution in [0.15, 0.2) is 0 Å². The summed E-state index contributed by atoms with van der Waals surface area (Å²) in [7, 11) is 0. The normalized spacial score (nSPS) is 14.7. The Morgan fingerprint density at radius 1 is 1.67 bits per heavy atom. The standard InChI is InChI=1S/C7H9N3O2/c8-6-5(7(11)12)9-4-2-1-3-10(4)6/h1-3,8H2,(H,11,12). The lowest BCUT2D eigenvalue weighted by Gasteiger charge is -1.97. The third-order valence-electron chi connectivity index (χ3n) is 2.07. The molecule has 0 unspecified atom stereocenters. The van der Waals surface area contributed by atoms with E-state index in [0.29, 0.717) is 0 Å². The molecular formula is C7H9N3O2. The van der Waals surface area contributed by atoms with Gasteiger partial charge in [0.1, 0.15) is 11.6 Å². The zero-order valence-corrected chi connectivity index (χ0v) is 6.45. The number of nitrogens with two attached hydrogens (primary N) is 1. The number of imidazole rings is 1. The summed E-state index contributed by atoms with van der Waals surface area (Å²) in [6, 6.07) is 0. The topological polar surface area (TPSA) is 81.1 Å². The molecule has 1 aliphatic rings. The summed E-state index contributed by atoms with van der Waals surface area (Å²) in [5, 5.41) is 8.67. The van der Waals surface area contributed by atoms with Crippen molar-refractivity contribution in [1.82, 2.24) is 9.55 Å². The van der Waals surface area contributed by atoms with Crippen LogP contribution in [0.4, 0.5) is 5.82 Å². The van der Waals surface area contributed by atoms with Crippen molar-refractivity contribution in [3.63, 3.8) is 0 Å². The molecule has 0 amide bonds. The first-order valence-corrected chi connectivity index (χ1v) is 3.78. The third kappa shape index (κ3) is 0.792. The van der Waals surface area contributed by atoms with Gasteiger partial charge >= 0.3 is 5.97 Å². The van der Waals surface area contributed by atoms with Gasteiger partial charge in [-0.1, -0.05) is 0 Å². The van der Waals surface area contributed by atoms with Crippen LogP contribution in [0.3, 0.4) is 0 Å². The molecule has 2 heterocycles. The average molecular weight is 167 g/mol. The highest BCUT2D eigenvalue weighted by atomic mass is 16.4. The molecule has 5 nitrogen and oxygen atoms in total. The zero-order chi connectivity index (χ0) is 8.72. The van der Waals surface area contributed by atoms with Crippen LogP contribution in [0, 0.1) is 0 Å². The van der Waals surface area contributed by atoms with Gasteiger partial charge in [-0.25, -0.2) is 9.78 Å². The van der Waals surface area contributed by atoms with E-state index in [9.17, 15) is 4.79 Å². The van der Waals surface area contributed by atoms with E-state index in [1.165, 1.54) is 0 Å². The molecule has 0 atom stereocenters. The number of carbonyl (C=O) groups is 1. The first kappa shape index (κ1) is 7.15. The number of aromatic carboxylic acids is 1. The third-order valence-corrected chi connectivity index (χ3v) is 2.07. The number of aryl methyl sites for hydroxylation is 1. The van der Waals surface area contributed by atoms with Crippen LogP contribution in [0.25, 0.3) is 0 Å². The van der Waals surface area contributed by atoms with Gasteiger partial charge in [-0.3, -0.25) is 0 Å². The molecule has 1 aromatic heterocycles. The van der Waals surface area contributed by atoms with E-state index in [1.54, 1.807) is 4.57 Å². The Morgan fingerprint density at radius 3 is 3.00 bits per heavy atom. The minimum atomic E-state index is -1.05. The SMILES string of the molecule is Nc1c(C(=O)O)nc2n1CCC2. The van der Waals surface area contributed by atoms with E-state index in [2.05, 4.69) is 4.98 Å². The van der Waals surface area contributed by atoms with E-state index in [4.69, 9.17) is 10.8 Å². The lowest BCUT2D eigenvalue weighted by atomic mass is 10.3. The van der Waals surface area contributed by atoms with Crippen LogP contribution in [0.2, 0.25) is 0 Å². The molecule has 0 saturated carbocycles. The molecule has 0 saturated heterocycles. The Morgan fingerprint density at radius 2 is 2.42 bits per heavy atom. The van der Waals surface area contributed by atoms with Gasteiger partial charge in [-0.15, -0.1) is 0 Å². The van der Waals surface area contributed by atoms with Crippen molar-refractivity contribution in [2.75, 3.05) is 5.73 Å². The van der Waals surface area contributed by atoms with Crippen molar-refractivity contribution in [2.24, 2.45) is 0 Å². The molecule has 64 valence electrons. The summed E-state index contributed by atoms with van der Waals surface area (Å²) in [5.41, 5.74) is 5.57. The van der Waals surface area contributed by atoms with E-state index >= 15 is 0 Å². The Balaban J connectivity index is 2.54. The second-order valence-corrected chi connectivity index (χ2v) is 2.82. The van der Waals surface area contributed by atoms with Gasteiger partial charge in [0.25, 0.3) is 0 Å². The van der Waals surface area contributed by atoms with Gasteiger partial charge in [0.2, 0.25) is 0 Å². The summed E-state index contributed by atoms with van der Waals surface area (Å²) in [6.45, 7) is 0.793. The smallest absolute Gasteiger partial charge is 0.358 e.